The third kappa shape index (κ3) is 2.58. The van der Waals surface area contributed by atoms with Gasteiger partial charge in [0.05, 0.1) is 9.79 Å². The van der Waals surface area contributed by atoms with Crippen LogP contribution in [-0.2, 0) is 9.84 Å². The van der Waals surface area contributed by atoms with Gasteiger partial charge in [-0.25, -0.2) is 8.42 Å². The number of nitrogens with zero attached hydrogens (tertiary/aromatic N) is 1. The van der Waals surface area contributed by atoms with Gasteiger partial charge in [0.25, 0.3) is 0 Å². The molecule has 0 amide bonds. The van der Waals surface area contributed by atoms with Gasteiger partial charge in [0.2, 0.25) is 9.84 Å². The van der Waals surface area contributed by atoms with Crippen molar-refractivity contribution in [2.75, 3.05) is 20.1 Å². The van der Waals surface area contributed by atoms with E-state index in [9.17, 15) is 8.42 Å². The van der Waals surface area contributed by atoms with Crippen molar-refractivity contribution in [1.29, 1.82) is 0 Å². The Balaban J connectivity index is 1.80. The molecule has 0 aromatic heterocycles. The maximum atomic E-state index is 13.0. The molecule has 2 aromatic carbocycles. The summed E-state index contributed by atoms with van der Waals surface area (Å²) in [5.41, 5.74) is 1.95. The van der Waals surface area contributed by atoms with Crippen LogP contribution in [0.4, 0.5) is 0 Å². The fourth-order valence-corrected chi connectivity index (χ4v) is 6.16. The Morgan fingerprint density at radius 2 is 1.58 bits per heavy atom. The summed E-state index contributed by atoms with van der Waals surface area (Å²) in [6.07, 6.45) is 3.49. The fourth-order valence-electron chi connectivity index (χ4n) is 4.37. The third-order valence-corrected chi connectivity index (χ3v) is 7.36. The van der Waals surface area contributed by atoms with Crippen LogP contribution in [0.5, 0.6) is 0 Å². The Morgan fingerprint density at radius 1 is 1.00 bits per heavy atom. The van der Waals surface area contributed by atoms with E-state index in [0.717, 1.165) is 24.1 Å². The highest BCUT2D eigenvalue weighted by Gasteiger charge is 2.36. The number of fused-ring (bicyclic) bond motifs is 2. The van der Waals surface area contributed by atoms with Crippen LogP contribution < -0.4 is 0 Å². The van der Waals surface area contributed by atoms with E-state index in [4.69, 9.17) is 0 Å². The van der Waals surface area contributed by atoms with Crippen molar-refractivity contribution in [2.24, 2.45) is 5.92 Å². The molecule has 126 valence electrons. The normalized spacial score (nSPS) is 23.5. The summed E-state index contributed by atoms with van der Waals surface area (Å²) in [7, 11) is -1.22. The molecule has 2 aliphatic rings. The molecule has 1 atom stereocenters. The maximum Gasteiger partial charge on any atom is 0.207 e. The zero-order chi connectivity index (χ0) is 16.7. The molecule has 2 heterocycles. The van der Waals surface area contributed by atoms with Crippen LogP contribution in [0.25, 0.3) is 0 Å². The molecule has 0 spiro atoms. The second-order valence-electron chi connectivity index (χ2n) is 7.14. The lowest BCUT2D eigenvalue weighted by atomic mass is 9.80. The van der Waals surface area contributed by atoms with Crippen molar-refractivity contribution in [3.63, 3.8) is 0 Å². The smallest absolute Gasteiger partial charge is 0.207 e. The Hall–Kier alpha value is -1.65. The molecule has 1 saturated heterocycles. The first-order valence-electron chi connectivity index (χ1n) is 8.69. The van der Waals surface area contributed by atoms with E-state index in [1.807, 2.05) is 36.4 Å². The molecule has 4 rings (SSSR count). The average Bonchev–Trinajstić information content (AvgIpc) is 2.59. The van der Waals surface area contributed by atoms with Crippen molar-refractivity contribution in [2.45, 2.75) is 35.0 Å². The third-order valence-electron chi connectivity index (χ3n) is 5.46. The molecule has 4 heteroatoms. The number of hydrogen-bond donors (Lipinski definition) is 0. The highest BCUT2D eigenvalue weighted by Crippen LogP contribution is 2.45. The van der Waals surface area contributed by atoms with Crippen molar-refractivity contribution in [3.8, 4) is 0 Å². The van der Waals surface area contributed by atoms with Crippen molar-refractivity contribution < 1.29 is 8.42 Å². The van der Waals surface area contributed by atoms with Crippen LogP contribution in [0, 0.1) is 5.92 Å². The zero-order valence-corrected chi connectivity index (χ0v) is 14.8. The van der Waals surface area contributed by atoms with Crippen LogP contribution in [0.15, 0.2) is 58.3 Å². The summed E-state index contributed by atoms with van der Waals surface area (Å²) in [5, 5.41) is 0. The number of likely N-dealkylation sites (tertiary alicyclic amines) is 1. The molecular weight excluding hydrogens is 318 g/mol. The molecule has 0 aliphatic carbocycles. The number of rotatable bonds is 2. The summed E-state index contributed by atoms with van der Waals surface area (Å²) in [4.78, 5) is 3.39. The topological polar surface area (TPSA) is 37.4 Å². The Kier molecular flexibility index (Phi) is 3.97. The van der Waals surface area contributed by atoms with Crippen LogP contribution in [0.2, 0.25) is 0 Å². The predicted molar refractivity (Wildman–Crippen MR) is 95.0 cm³/mol. The van der Waals surface area contributed by atoms with Gasteiger partial charge in [-0.05, 0) is 62.0 Å². The molecular formula is C20H23NO2S. The highest BCUT2D eigenvalue weighted by atomic mass is 32.2. The fraction of sp³-hybridized carbons (Fsp3) is 0.400. The summed E-state index contributed by atoms with van der Waals surface area (Å²) in [6, 6.07) is 15.1. The monoisotopic (exact) mass is 341 g/mol. The van der Waals surface area contributed by atoms with Crippen LogP contribution in [0.3, 0.4) is 0 Å². The van der Waals surface area contributed by atoms with Crippen molar-refractivity contribution in [3.05, 3.63) is 59.7 Å². The number of benzene rings is 2. The molecule has 0 saturated carbocycles. The Labute approximate surface area is 144 Å². The molecule has 1 unspecified atom stereocenters. The summed E-state index contributed by atoms with van der Waals surface area (Å²) in [5.74, 6) is 0.799. The SMILES string of the molecule is CN1CCCC(CC2c3ccccc3S(=O)(=O)c3ccccc32)C1. The van der Waals surface area contributed by atoms with Crippen LogP contribution >= 0.6 is 0 Å². The number of sulfone groups is 1. The van der Waals surface area contributed by atoms with Gasteiger partial charge in [-0.1, -0.05) is 36.4 Å². The molecule has 24 heavy (non-hydrogen) atoms. The number of hydrogen-bond acceptors (Lipinski definition) is 3. The molecule has 2 aliphatic heterocycles. The molecule has 2 aromatic rings. The highest BCUT2D eigenvalue weighted by molar-refractivity contribution is 7.91. The first-order chi connectivity index (χ1) is 11.6. The first-order valence-corrected chi connectivity index (χ1v) is 10.2. The standard InChI is InChI=1S/C20H23NO2S/c1-21-12-6-7-15(14-21)13-18-16-8-2-4-10-19(16)24(22,23)20-11-5-3-9-17(18)20/h2-5,8-11,15,18H,6-7,12-14H2,1H3. The van der Waals surface area contributed by atoms with Gasteiger partial charge in [-0.15, -0.1) is 0 Å². The van der Waals surface area contributed by atoms with Crippen LogP contribution in [0.1, 0.15) is 36.3 Å². The lowest BCUT2D eigenvalue weighted by Crippen LogP contribution is -2.33. The molecule has 0 bridgehead atoms. The molecule has 0 N–H and O–H groups in total. The van der Waals surface area contributed by atoms with Crippen LogP contribution in [-0.4, -0.2) is 33.5 Å². The second-order valence-corrected chi connectivity index (χ2v) is 9.02. The van der Waals surface area contributed by atoms with Gasteiger partial charge in [0.1, 0.15) is 0 Å². The predicted octanol–water partition coefficient (Wildman–Crippen LogP) is 3.70. The molecule has 0 radical (unpaired) electrons. The van der Waals surface area contributed by atoms with Gasteiger partial charge in [-0.2, -0.15) is 0 Å². The minimum atomic E-state index is -3.40. The van der Waals surface area contributed by atoms with Gasteiger partial charge < -0.3 is 4.90 Å². The molecule has 3 nitrogen and oxygen atoms in total. The quantitative estimate of drug-likeness (QED) is 0.836. The van der Waals surface area contributed by atoms with E-state index in [1.165, 1.54) is 19.4 Å². The van der Waals surface area contributed by atoms with E-state index in [1.54, 1.807) is 12.1 Å². The van der Waals surface area contributed by atoms with Gasteiger partial charge in [0, 0.05) is 12.5 Å². The van der Waals surface area contributed by atoms with Gasteiger partial charge in [0.15, 0.2) is 0 Å². The minimum Gasteiger partial charge on any atom is -0.306 e. The summed E-state index contributed by atoms with van der Waals surface area (Å²) < 4.78 is 26.0. The molecule has 1 fully saturated rings. The Morgan fingerprint density at radius 3 is 2.17 bits per heavy atom. The zero-order valence-electron chi connectivity index (χ0n) is 14.0. The minimum absolute atomic E-state index is 0.178. The van der Waals surface area contributed by atoms with E-state index in [2.05, 4.69) is 11.9 Å². The van der Waals surface area contributed by atoms with E-state index in [-0.39, 0.29) is 5.92 Å². The lowest BCUT2D eigenvalue weighted by molar-refractivity contribution is 0.197. The summed E-state index contributed by atoms with van der Waals surface area (Å²) in [6.45, 7) is 2.27. The van der Waals surface area contributed by atoms with Gasteiger partial charge in [-0.3, -0.25) is 0 Å². The van der Waals surface area contributed by atoms with Crippen molar-refractivity contribution in [1.82, 2.24) is 4.90 Å². The lowest BCUT2D eigenvalue weighted by Gasteiger charge is -2.35. The Bertz CT molecular complexity index is 806. The van der Waals surface area contributed by atoms with E-state index < -0.39 is 9.84 Å². The second kappa shape index (κ2) is 6.01. The van der Waals surface area contributed by atoms with E-state index >= 15 is 0 Å². The largest absolute Gasteiger partial charge is 0.306 e. The van der Waals surface area contributed by atoms with Crippen molar-refractivity contribution >= 4 is 9.84 Å². The first kappa shape index (κ1) is 15.9. The number of piperidine rings is 1. The summed E-state index contributed by atoms with van der Waals surface area (Å²) >= 11 is 0. The maximum absolute atomic E-state index is 13.0. The average molecular weight is 341 g/mol. The van der Waals surface area contributed by atoms with Gasteiger partial charge >= 0.3 is 0 Å². The van der Waals surface area contributed by atoms with E-state index in [0.29, 0.717) is 15.7 Å².